The molecule has 1 unspecified atom stereocenters. The van der Waals surface area contributed by atoms with E-state index < -0.39 is 0 Å². The van der Waals surface area contributed by atoms with Crippen LogP contribution in [0.2, 0.25) is 0 Å². The molecule has 0 bridgehead atoms. The average molecular weight is 312 g/mol. The molecule has 0 saturated heterocycles. The summed E-state index contributed by atoms with van der Waals surface area (Å²) in [5, 5.41) is 3.48. The molecule has 0 aliphatic heterocycles. The van der Waals surface area contributed by atoms with E-state index in [0.29, 0.717) is 0 Å². The van der Waals surface area contributed by atoms with E-state index in [0.717, 1.165) is 35.8 Å². The molecule has 1 N–H and O–H groups in total. The molecule has 0 radical (unpaired) electrons. The normalized spacial score (nSPS) is 11.8. The van der Waals surface area contributed by atoms with Crippen LogP contribution in [0.1, 0.15) is 44.7 Å². The fourth-order valence-electron chi connectivity index (χ4n) is 1.81. The molecule has 0 saturated carbocycles. The Morgan fingerprint density at radius 3 is 2.83 bits per heavy atom. The van der Waals surface area contributed by atoms with Crippen LogP contribution in [0.25, 0.3) is 0 Å². The molecule has 1 aromatic carbocycles. The third-order valence-electron chi connectivity index (χ3n) is 2.71. The molecule has 1 aromatic rings. The molecule has 1 nitrogen and oxygen atoms in total. The summed E-state index contributed by atoms with van der Waals surface area (Å²) in [6.45, 7) is 4.94. The van der Waals surface area contributed by atoms with Gasteiger partial charge in [-0.3, -0.25) is 0 Å². The molecule has 3 heteroatoms. The summed E-state index contributed by atoms with van der Waals surface area (Å²) in [7, 11) is 0. The lowest BCUT2D eigenvalue weighted by Gasteiger charge is -2.19. The zero-order chi connectivity index (χ0) is 13.4. The maximum Gasteiger partial charge on any atom is 0.124 e. The smallest absolute Gasteiger partial charge is 0.124 e. The van der Waals surface area contributed by atoms with Gasteiger partial charge in [0.25, 0.3) is 0 Å². The Morgan fingerprint density at radius 1 is 1.44 bits per heavy atom. The van der Waals surface area contributed by atoms with Crippen LogP contribution in [0.4, 0.5) is 4.39 Å². The van der Waals surface area contributed by atoms with Gasteiger partial charge in [-0.25, -0.2) is 4.39 Å². The molecular weight excluding hydrogens is 293 g/mol. The fourth-order valence-corrected chi connectivity index (χ4v) is 2.44. The predicted octanol–water partition coefficient (Wildman–Crippen LogP) is 4.43. The Labute approximate surface area is 117 Å². The molecule has 0 amide bonds. The molecule has 0 spiro atoms. The van der Waals surface area contributed by atoms with Crippen molar-refractivity contribution in [3.8, 4) is 11.8 Å². The number of nitrogens with one attached hydrogen (secondary N) is 1. The second kappa shape index (κ2) is 8.29. The van der Waals surface area contributed by atoms with Gasteiger partial charge in [0.1, 0.15) is 5.82 Å². The van der Waals surface area contributed by atoms with Gasteiger partial charge in [0.15, 0.2) is 0 Å². The molecule has 1 rings (SSSR count). The van der Waals surface area contributed by atoms with Crippen LogP contribution in [0, 0.1) is 17.7 Å². The van der Waals surface area contributed by atoms with Gasteiger partial charge >= 0.3 is 0 Å². The second-order valence-electron chi connectivity index (χ2n) is 4.14. The van der Waals surface area contributed by atoms with Crippen molar-refractivity contribution in [1.29, 1.82) is 0 Å². The lowest BCUT2D eigenvalue weighted by molar-refractivity contribution is 0.502. The number of hydrogen-bond acceptors (Lipinski definition) is 1. The number of halogens is 2. The highest BCUT2D eigenvalue weighted by atomic mass is 79.9. The van der Waals surface area contributed by atoms with Gasteiger partial charge < -0.3 is 5.32 Å². The monoisotopic (exact) mass is 311 g/mol. The Hall–Kier alpha value is -0.850. The average Bonchev–Trinajstić information content (AvgIpc) is 2.34. The Bertz CT molecular complexity index is 434. The minimum absolute atomic E-state index is 0.215. The fraction of sp³-hybridized carbons (Fsp3) is 0.467. The topological polar surface area (TPSA) is 12.0 Å². The summed E-state index contributed by atoms with van der Waals surface area (Å²) < 4.78 is 13.9. The van der Waals surface area contributed by atoms with Crippen molar-refractivity contribution < 1.29 is 4.39 Å². The van der Waals surface area contributed by atoms with E-state index in [4.69, 9.17) is 0 Å². The zero-order valence-corrected chi connectivity index (χ0v) is 12.5. The maximum absolute atomic E-state index is 13.1. The van der Waals surface area contributed by atoms with Crippen molar-refractivity contribution in [3.05, 3.63) is 34.1 Å². The highest BCUT2D eigenvalue weighted by Gasteiger charge is 2.13. The van der Waals surface area contributed by atoms with Crippen LogP contribution in [0.5, 0.6) is 0 Å². The Morgan fingerprint density at radius 2 is 2.22 bits per heavy atom. The van der Waals surface area contributed by atoms with Crippen LogP contribution in [-0.2, 0) is 0 Å². The Balaban J connectivity index is 2.81. The number of benzene rings is 1. The van der Waals surface area contributed by atoms with Crippen LogP contribution >= 0.6 is 15.9 Å². The van der Waals surface area contributed by atoms with Gasteiger partial charge in [0.2, 0.25) is 0 Å². The standard InChI is InChI=1S/C15H19BrFN/c1-3-5-6-7-15(18-10-4-2)13-9-8-12(17)11-14(13)16/h8-9,11,15,18H,4,6-7,10H2,1-2H3. The molecule has 1 atom stereocenters. The number of rotatable bonds is 6. The number of hydrogen-bond donors (Lipinski definition) is 1. The lowest BCUT2D eigenvalue weighted by Crippen LogP contribution is -2.22. The van der Waals surface area contributed by atoms with Crippen LogP contribution in [0.15, 0.2) is 22.7 Å². The highest BCUT2D eigenvalue weighted by molar-refractivity contribution is 9.10. The summed E-state index contributed by atoms with van der Waals surface area (Å²) in [5.74, 6) is 5.77. The van der Waals surface area contributed by atoms with Gasteiger partial charge in [-0.2, -0.15) is 0 Å². The van der Waals surface area contributed by atoms with Crippen LogP contribution in [-0.4, -0.2) is 6.54 Å². The summed E-state index contributed by atoms with van der Waals surface area (Å²) in [6, 6.07) is 5.08. The Kier molecular flexibility index (Phi) is 7.00. The van der Waals surface area contributed by atoms with Crippen molar-refractivity contribution in [2.75, 3.05) is 6.54 Å². The van der Waals surface area contributed by atoms with E-state index in [1.807, 2.05) is 13.0 Å². The summed E-state index contributed by atoms with van der Waals surface area (Å²) in [4.78, 5) is 0. The van der Waals surface area contributed by atoms with Crippen molar-refractivity contribution in [2.24, 2.45) is 0 Å². The van der Waals surface area contributed by atoms with Crippen molar-refractivity contribution >= 4 is 15.9 Å². The first kappa shape index (κ1) is 15.2. The van der Waals surface area contributed by atoms with E-state index >= 15 is 0 Å². The molecule has 0 aliphatic rings. The van der Waals surface area contributed by atoms with Crippen LogP contribution in [0.3, 0.4) is 0 Å². The van der Waals surface area contributed by atoms with Crippen molar-refractivity contribution in [3.63, 3.8) is 0 Å². The summed E-state index contributed by atoms with van der Waals surface area (Å²) in [5.41, 5.74) is 1.10. The van der Waals surface area contributed by atoms with Crippen molar-refractivity contribution in [2.45, 2.75) is 39.2 Å². The first-order chi connectivity index (χ1) is 8.69. The van der Waals surface area contributed by atoms with E-state index in [2.05, 4.69) is 40.0 Å². The van der Waals surface area contributed by atoms with Crippen LogP contribution < -0.4 is 5.32 Å². The quantitative estimate of drug-likeness (QED) is 0.766. The van der Waals surface area contributed by atoms with E-state index in [9.17, 15) is 4.39 Å². The first-order valence-electron chi connectivity index (χ1n) is 6.27. The third-order valence-corrected chi connectivity index (χ3v) is 3.40. The summed E-state index contributed by atoms with van der Waals surface area (Å²) in [6.07, 6.45) is 2.86. The van der Waals surface area contributed by atoms with Gasteiger partial charge in [-0.05, 0) is 44.0 Å². The molecular formula is C15H19BrFN. The third kappa shape index (κ3) is 4.80. The van der Waals surface area contributed by atoms with Gasteiger partial charge in [-0.15, -0.1) is 11.8 Å². The lowest BCUT2D eigenvalue weighted by atomic mass is 10.0. The molecule has 0 fully saturated rings. The minimum Gasteiger partial charge on any atom is -0.310 e. The van der Waals surface area contributed by atoms with Gasteiger partial charge in [0, 0.05) is 16.9 Å². The minimum atomic E-state index is -0.215. The molecule has 0 heterocycles. The predicted molar refractivity (Wildman–Crippen MR) is 77.8 cm³/mol. The van der Waals surface area contributed by atoms with E-state index in [1.54, 1.807) is 0 Å². The summed E-state index contributed by atoms with van der Waals surface area (Å²) >= 11 is 3.43. The molecule has 0 aromatic heterocycles. The largest absolute Gasteiger partial charge is 0.310 e. The molecule has 18 heavy (non-hydrogen) atoms. The molecule has 0 aliphatic carbocycles. The SMILES string of the molecule is CC#CCCC(NCCC)c1ccc(F)cc1Br. The van der Waals surface area contributed by atoms with Gasteiger partial charge in [-0.1, -0.05) is 28.9 Å². The second-order valence-corrected chi connectivity index (χ2v) is 4.99. The molecule has 98 valence electrons. The first-order valence-corrected chi connectivity index (χ1v) is 7.06. The van der Waals surface area contributed by atoms with Crippen molar-refractivity contribution in [1.82, 2.24) is 5.32 Å². The van der Waals surface area contributed by atoms with E-state index in [-0.39, 0.29) is 11.9 Å². The maximum atomic E-state index is 13.1. The van der Waals surface area contributed by atoms with E-state index in [1.165, 1.54) is 12.1 Å². The zero-order valence-electron chi connectivity index (χ0n) is 10.9. The van der Waals surface area contributed by atoms with Gasteiger partial charge in [0.05, 0.1) is 0 Å². The highest BCUT2D eigenvalue weighted by Crippen LogP contribution is 2.27.